The summed E-state index contributed by atoms with van der Waals surface area (Å²) in [6, 6.07) is 4.57. The molecule has 0 radical (unpaired) electrons. The van der Waals surface area contributed by atoms with Crippen LogP contribution in [-0.4, -0.2) is 31.5 Å². The zero-order chi connectivity index (χ0) is 22.2. The molecule has 3 aromatic rings. The number of nitrogens with two attached hydrogens (primary N) is 2. The zero-order valence-electron chi connectivity index (χ0n) is 16.1. The normalized spacial score (nSPS) is 11.3. The summed E-state index contributed by atoms with van der Waals surface area (Å²) in [5.41, 5.74) is 8.32. The molecule has 0 atom stereocenters. The van der Waals surface area contributed by atoms with Crippen LogP contribution in [0.3, 0.4) is 0 Å². The van der Waals surface area contributed by atoms with Crippen molar-refractivity contribution in [2.45, 2.75) is 6.61 Å². The number of nitrogens with zero attached hydrogens (tertiary/aromatic N) is 1. The van der Waals surface area contributed by atoms with Crippen LogP contribution in [0.25, 0.3) is 22.3 Å². The summed E-state index contributed by atoms with van der Waals surface area (Å²) in [6.07, 6.45) is 0. The monoisotopic (exact) mass is 421 g/mol. The first-order chi connectivity index (χ1) is 14.1. The van der Waals surface area contributed by atoms with Crippen LogP contribution in [0.2, 0.25) is 0 Å². The van der Waals surface area contributed by atoms with Gasteiger partial charge in [0.15, 0.2) is 22.6 Å². The zero-order valence-corrected chi connectivity index (χ0v) is 16.1. The maximum absolute atomic E-state index is 15.0. The van der Waals surface area contributed by atoms with E-state index in [2.05, 4.69) is 0 Å². The Hall–Kier alpha value is -3.53. The molecular weight excluding hydrogens is 403 g/mol. The molecule has 3 rings (SSSR count). The lowest BCUT2D eigenvalue weighted by atomic mass is 10.1. The van der Waals surface area contributed by atoms with E-state index in [0.29, 0.717) is 0 Å². The summed E-state index contributed by atoms with van der Waals surface area (Å²) >= 11 is 0. The van der Waals surface area contributed by atoms with Gasteiger partial charge in [0.2, 0.25) is 0 Å². The third kappa shape index (κ3) is 3.94. The van der Waals surface area contributed by atoms with Crippen molar-refractivity contribution in [2.75, 3.05) is 32.1 Å². The number of ether oxygens (including phenoxy) is 1. The average molecular weight is 421 g/mol. The highest BCUT2D eigenvalue weighted by molar-refractivity contribution is 5.91. The van der Waals surface area contributed by atoms with Gasteiger partial charge in [-0.2, -0.15) is 0 Å². The first-order valence-electron chi connectivity index (χ1n) is 8.69. The average Bonchev–Trinajstić information content (AvgIpc) is 2.67. The van der Waals surface area contributed by atoms with Gasteiger partial charge in [-0.05, 0) is 32.3 Å². The topological polar surface area (TPSA) is 112 Å². The van der Waals surface area contributed by atoms with E-state index in [0.717, 1.165) is 12.1 Å². The first-order valence-corrected chi connectivity index (χ1v) is 8.69. The Labute approximate surface area is 168 Å². The molecule has 1 heterocycles. The van der Waals surface area contributed by atoms with E-state index in [1.54, 1.807) is 14.1 Å². The van der Waals surface area contributed by atoms with Gasteiger partial charge in [-0.3, -0.25) is 14.5 Å². The van der Waals surface area contributed by atoms with Crippen LogP contribution >= 0.6 is 0 Å². The van der Waals surface area contributed by atoms with Crippen LogP contribution in [0.5, 0.6) is 0 Å². The quantitative estimate of drug-likeness (QED) is 0.481. The molecule has 0 amide bonds. The number of hydrogen-bond donors (Lipinski definition) is 2. The molecule has 0 spiro atoms. The van der Waals surface area contributed by atoms with Gasteiger partial charge in [-0.1, -0.05) is 0 Å². The molecule has 2 aromatic carbocycles. The number of likely N-dealkylation sites (N-methyl/N-ethyl adjacent to an activating group) is 1. The van der Waals surface area contributed by atoms with E-state index in [1.165, 1.54) is 17.0 Å². The Kier molecular flexibility index (Phi) is 5.70. The van der Waals surface area contributed by atoms with Gasteiger partial charge in [0, 0.05) is 11.6 Å². The fourth-order valence-corrected chi connectivity index (χ4v) is 2.81. The number of benzene rings is 2. The number of esters is 1. The van der Waals surface area contributed by atoms with Crippen molar-refractivity contribution in [3.05, 3.63) is 57.5 Å². The van der Waals surface area contributed by atoms with Crippen molar-refractivity contribution < 1.29 is 27.1 Å². The van der Waals surface area contributed by atoms with Gasteiger partial charge in [-0.25, -0.2) is 13.2 Å². The predicted molar refractivity (Wildman–Crippen MR) is 105 cm³/mol. The van der Waals surface area contributed by atoms with Gasteiger partial charge in [0.1, 0.15) is 18.2 Å². The number of rotatable bonds is 5. The third-order valence-electron chi connectivity index (χ3n) is 4.29. The minimum atomic E-state index is -1.25. The van der Waals surface area contributed by atoms with Crippen LogP contribution in [0.15, 0.2) is 33.5 Å². The van der Waals surface area contributed by atoms with E-state index >= 15 is 4.39 Å². The molecule has 0 unspecified atom stereocenters. The molecule has 0 aliphatic carbocycles. The van der Waals surface area contributed by atoms with Crippen molar-refractivity contribution >= 4 is 28.3 Å². The summed E-state index contributed by atoms with van der Waals surface area (Å²) in [6.45, 7) is -0.858. The molecular formula is C20H18F3N3O4. The van der Waals surface area contributed by atoms with Crippen molar-refractivity contribution in [3.63, 3.8) is 0 Å². The number of fused-ring (bicyclic) bond motifs is 1. The van der Waals surface area contributed by atoms with Gasteiger partial charge >= 0.3 is 5.97 Å². The number of hydrogen-bond acceptors (Lipinski definition) is 7. The van der Waals surface area contributed by atoms with E-state index in [1.807, 2.05) is 0 Å². The molecule has 1 aromatic heterocycles. The molecule has 4 N–H and O–H groups in total. The second-order valence-electron chi connectivity index (χ2n) is 6.83. The van der Waals surface area contributed by atoms with Gasteiger partial charge < -0.3 is 20.6 Å². The van der Waals surface area contributed by atoms with E-state index in [9.17, 15) is 18.4 Å². The lowest BCUT2D eigenvalue weighted by Crippen LogP contribution is -2.23. The Bertz CT molecular complexity index is 1210. The van der Waals surface area contributed by atoms with Crippen molar-refractivity contribution in [2.24, 2.45) is 0 Å². The molecule has 0 aliphatic heterocycles. The predicted octanol–water partition coefficient (Wildman–Crippen LogP) is 2.65. The SMILES string of the molecule is CN(C)CC(=O)OCc1c(F)c(N)c2c(=O)cc(-c3ccc(N)c(F)c3)oc2c1F. The third-order valence-corrected chi connectivity index (χ3v) is 4.29. The molecule has 0 saturated carbocycles. The van der Waals surface area contributed by atoms with Gasteiger partial charge in [-0.15, -0.1) is 0 Å². The summed E-state index contributed by atoms with van der Waals surface area (Å²) in [5, 5.41) is -0.506. The molecule has 10 heteroatoms. The van der Waals surface area contributed by atoms with E-state index in [-0.39, 0.29) is 23.6 Å². The summed E-state index contributed by atoms with van der Waals surface area (Å²) in [5.74, 6) is -4.12. The molecule has 0 fully saturated rings. The molecule has 0 bridgehead atoms. The highest BCUT2D eigenvalue weighted by atomic mass is 19.1. The molecule has 158 valence electrons. The Morgan fingerprint density at radius 1 is 1.13 bits per heavy atom. The standard InChI is InChI=1S/C20H18F3N3O4/c1-26(2)7-15(28)29-8-10-17(22)19(25)16-13(27)6-14(30-20(16)18(10)23)9-3-4-12(24)11(21)5-9/h3-6H,7-8,24-25H2,1-2H3. The van der Waals surface area contributed by atoms with Crippen molar-refractivity contribution in [1.29, 1.82) is 0 Å². The van der Waals surface area contributed by atoms with Crippen molar-refractivity contribution in [1.82, 2.24) is 4.90 Å². The smallest absolute Gasteiger partial charge is 0.320 e. The minimum Gasteiger partial charge on any atom is -0.460 e. The number of carbonyl (C=O) groups is 1. The maximum atomic E-state index is 15.0. The first kappa shape index (κ1) is 21.2. The lowest BCUT2D eigenvalue weighted by Gasteiger charge is -2.13. The van der Waals surface area contributed by atoms with Crippen LogP contribution < -0.4 is 16.9 Å². The highest BCUT2D eigenvalue weighted by Crippen LogP contribution is 2.32. The van der Waals surface area contributed by atoms with Gasteiger partial charge in [0.25, 0.3) is 0 Å². The summed E-state index contributed by atoms with van der Waals surface area (Å²) in [7, 11) is 3.24. The van der Waals surface area contributed by atoms with Crippen molar-refractivity contribution in [3.8, 4) is 11.3 Å². The Morgan fingerprint density at radius 2 is 1.83 bits per heavy atom. The molecule has 0 saturated heterocycles. The number of anilines is 2. The molecule has 30 heavy (non-hydrogen) atoms. The summed E-state index contributed by atoms with van der Waals surface area (Å²) in [4.78, 5) is 25.7. The van der Waals surface area contributed by atoms with Crippen LogP contribution in [-0.2, 0) is 16.1 Å². The number of carbonyl (C=O) groups excluding carboxylic acids is 1. The van der Waals surface area contributed by atoms with Crippen LogP contribution in [0.1, 0.15) is 5.56 Å². The number of nitrogen functional groups attached to an aromatic ring is 2. The van der Waals surface area contributed by atoms with Crippen LogP contribution in [0.4, 0.5) is 24.5 Å². The van der Waals surface area contributed by atoms with E-state index in [4.69, 9.17) is 20.6 Å². The van der Waals surface area contributed by atoms with E-state index < -0.39 is 57.7 Å². The van der Waals surface area contributed by atoms with Gasteiger partial charge in [0.05, 0.1) is 28.9 Å². The second kappa shape index (κ2) is 8.07. The Morgan fingerprint density at radius 3 is 2.47 bits per heavy atom. The van der Waals surface area contributed by atoms with Crippen LogP contribution in [0, 0.1) is 17.5 Å². The molecule has 7 nitrogen and oxygen atoms in total. The highest BCUT2D eigenvalue weighted by Gasteiger charge is 2.24. The fraction of sp³-hybridized carbons (Fsp3) is 0.200. The largest absolute Gasteiger partial charge is 0.460 e. The Balaban J connectivity index is 2.13. The minimum absolute atomic E-state index is 0.103. The second-order valence-corrected chi connectivity index (χ2v) is 6.83. The number of halogens is 3. The summed E-state index contributed by atoms with van der Waals surface area (Å²) < 4.78 is 53.7. The fourth-order valence-electron chi connectivity index (χ4n) is 2.81. The lowest BCUT2D eigenvalue weighted by molar-refractivity contribution is -0.145. The molecule has 0 aliphatic rings. The maximum Gasteiger partial charge on any atom is 0.320 e.